The Bertz CT molecular complexity index is 484. The molecule has 1 unspecified atom stereocenters. The van der Waals surface area contributed by atoms with Gasteiger partial charge in [0.25, 0.3) is 0 Å². The highest BCUT2D eigenvalue weighted by Gasteiger charge is 2.20. The number of rotatable bonds is 3. The minimum Gasteiger partial charge on any atom is -0.309 e. The summed E-state index contributed by atoms with van der Waals surface area (Å²) >= 11 is 15.5. The van der Waals surface area contributed by atoms with Crippen molar-refractivity contribution < 1.29 is 0 Å². The molecule has 0 fully saturated rings. The van der Waals surface area contributed by atoms with E-state index in [1.165, 1.54) is 26.7 Å². The first-order valence-electron chi connectivity index (χ1n) is 5.22. The van der Waals surface area contributed by atoms with Crippen molar-refractivity contribution in [3.8, 4) is 0 Å². The topological polar surface area (TPSA) is 12.0 Å². The first-order chi connectivity index (χ1) is 8.02. The van der Waals surface area contributed by atoms with E-state index in [9.17, 15) is 0 Å². The molecular weight excluding hydrogens is 293 g/mol. The van der Waals surface area contributed by atoms with Crippen LogP contribution in [0.5, 0.6) is 0 Å². The zero-order chi connectivity index (χ0) is 12.6. The van der Waals surface area contributed by atoms with Crippen molar-refractivity contribution in [1.29, 1.82) is 0 Å². The number of hydrogen-bond donors (Lipinski definition) is 1. The molecule has 0 saturated heterocycles. The molecule has 1 nitrogen and oxygen atoms in total. The van der Waals surface area contributed by atoms with Crippen LogP contribution < -0.4 is 5.32 Å². The third-order valence-corrected chi connectivity index (χ3v) is 5.17. The fraction of sp³-hybridized carbons (Fsp3) is 0.333. The van der Waals surface area contributed by atoms with Crippen molar-refractivity contribution in [3.63, 3.8) is 0 Å². The lowest BCUT2D eigenvalue weighted by atomic mass is 10.0. The molecule has 0 bridgehead atoms. The van der Waals surface area contributed by atoms with Crippen LogP contribution in [0.25, 0.3) is 0 Å². The Balaban J connectivity index is 2.47. The molecule has 17 heavy (non-hydrogen) atoms. The van der Waals surface area contributed by atoms with Gasteiger partial charge in [0.1, 0.15) is 0 Å². The molecule has 0 radical (unpaired) electrons. The number of hydrogen-bond acceptors (Lipinski definition) is 3. The maximum atomic E-state index is 6.23. The van der Waals surface area contributed by atoms with Crippen LogP contribution in [0.4, 0.5) is 0 Å². The van der Waals surface area contributed by atoms with Gasteiger partial charge in [0.05, 0.1) is 14.7 Å². The monoisotopic (exact) mass is 305 g/mol. The van der Waals surface area contributed by atoms with E-state index in [2.05, 4.69) is 25.2 Å². The average molecular weight is 306 g/mol. The van der Waals surface area contributed by atoms with Gasteiger partial charge >= 0.3 is 0 Å². The SMILES string of the molecule is CNC(c1cc(C)sc1C)c1cc(Cl)sc1Cl. The highest BCUT2D eigenvalue weighted by atomic mass is 35.5. The summed E-state index contributed by atoms with van der Waals surface area (Å²) in [5.74, 6) is 0. The van der Waals surface area contributed by atoms with Gasteiger partial charge in [-0.3, -0.25) is 0 Å². The molecule has 0 aliphatic carbocycles. The van der Waals surface area contributed by atoms with Gasteiger partial charge in [-0.2, -0.15) is 0 Å². The molecule has 2 aromatic heterocycles. The largest absolute Gasteiger partial charge is 0.309 e. The molecule has 92 valence electrons. The number of thiophene rings is 2. The van der Waals surface area contributed by atoms with E-state index in [0.717, 1.165) is 14.2 Å². The maximum absolute atomic E-state index is 6.23. The Hall–Kier alpha value is -0.0600. The molecule has 0 aliphatic rings. The Morgan fingerprint density at radius 1 is 1.12 bits per heavy atom. The van der Waals surface area contributed by atoms with Gasteiger partial charge in [-0.15, -0.1) is 22.7 Å². The van der Waals surface area contributed by atoms with Crippen molar-refractivity contribution in [2.24, 2.45) is 0 Å². The van der Waals surface area contributed by atoms with E-state index in [1.807, 2.05) is 24.5 Å². The van der Waals surface area contributed by atoms with Crippen LogP contribution in [0.1, 0.15) is 26.9 Å². The van der Waals surface area contributed by atoms with Gasteiger partial charge in [-0.1, -0.05) is 23.2 Å². The van der Waals surface area contributed by atoms with Crippen LogP contribution in [-0.4, -0.2) is 7.05 Å². The lowest BCUT2D eigenvalue weighted by Crippen LogP contribution is -2.17. The molecule has 0 spiro atoms. The molecule has 1 atom stereocenters. The van der Waals surface area contributed by atoms with Crippen LogP contribution in [0.3, 0.4) is 0 Å². The van der Waals surface area contributed by atoms with Crippen LogP contribution in [0, 0.1) is 13.8 Å². The molecule has 0 saturated carbocycles. The summed E-state index contributed by atoms with van der Waals surface area (Å²) < 4.78 is 1.49. The van der Waals surface area contributed by atoms with E-state index in [-0.39, 0.29) is 6.04 Å². The molecule has 0 aliphatic heterocycles. The highest BCUT2D eigenvalue weighted by molar-refractivity contribution is 7.20. The second kappa shape index (κ2) is 5.29. The van der Waals surface area contributed by atoms with Gasteiger partial charge in [-0.05, 0) is 38.6 Å². The van der Waals surface area contributed by atoms with Crippen molar-refractivity contribution >= 4 is 45.9 Å². The Kier molecular flexibility index (Phi) is 4.16. The Labute approximate surface area is 119 Å². The molecule has 2 rings (SSSR count). The summed E-state index contributed by atoms with van der Waals surface area (Å²) in [6.07, 6.45) is 0. The number of nitrogens with one attached hydrogen (secondary N) is 1. The molecule has 2 aromatic rings. The zero-order valence-electron chi connectivity index (χ0n) is 9.80. The van der Waals surface area contributed by atoms with Gasteiger partial charge in [-0.25, -0.2) is 0 Å². The summed E-state index contributed by atoms with van der Waals surface area (Å²) in [6, 6.07) is 4.28. The van der Waals surface area contributed by atoms with Crippen LogP contribution in [-0.2, 0) is 0 Å². The lowest BCUT2D eigenvalue weighted by molar-refractivity contribution is 0.693. The number of aryl methyl sites for hydroxylation is 2. The first-order valence-corrected chi connectivity index (χ1v) is 7.60. The fourth-order valence-corrected chi connectivity index (χ4v) is 4.46. The number of halogens is 2. The lowest BCUT2D eigenvalue weighted by Gasteiger charge is -2.15. The maximum Gasteiger partial charge on any atom is 0.0995 e. The summed E-state index contributed by atoms with van der Waals surface area (Å²) in [6.45, 7) is 4.26. The van der Waals surface area contributed by atoms with E-state index < -0.39 is 0 Å². The summed E-state index contributed by atoms with van der Waals surface area (Å²) in [4.78, 5) is 2.63. The first kappa shape index (κ1) is 13.4. The van der Waals surface area contributed by atoms with Crippen LogP contribution in [0.15, 0.2) is 12.1 Å². The molecule has 5 heteroatoms. The van der Waals surface area contributed by atoms with Crippen molar-refractivity contribution in [2.75, 3.05) is 7.05 Å². The quantitative estimate of drug-likeness (QED) is 0.837. The predicted molar refractivity (Wildman–Crippen MR) is 79.0 cm³/mol. The normalized spacial score (nSPS) is 13.0. The second-order valence-corrected chi connectivity index (χ2v) is 7.62. The van der Waals surface area contributed by atoms with Gasteiger partial charge in [0, 0.05) is 15.3 Å². The standard InChI is InChI=1S/C12H13Cl2NS2/c1-6-4-8(7(2)16-6)11(15-3)9-5-10(13)17-12(9)14/h4-5,11,15H,1-3H3. The third-order valence-electron chi connectivity index (χ3n) is 2.67. The van der Waals surface area contributed by atoms with E-state index >= 15 is 0 Å². The minimum absolute atomic E-state index is 0.121. The van der Waals surface area contributed by atoms with Gasteiger partial charge in [0.15, 0.2) is 0 Å². The second-order valence-electron chi connectivity index (χ2n) is 3.87. The predicted octanol–water partition coefficient (Wildman–Crippen LogP) is 5.04. The third kappa shape index (κ3) is 2.69. The fourth-order valence-electron chi connectivity index (χ4n) is 1.97. The molecule has 1 N–H and O–H groups in total. The van der Waals surface area contributed by atoms with E-state index in [0.29, 0.717) is 0 Å². The van der Waals surface area contributed by atoms with E-state index in [4.69, 9.17) is 23.2 Å². The van der Waals surface area contributed by atoms with Crippen molar-refractivity contribution in [3.05, 3.63) is 41.7 Å². The Morgan fingerprint density at radius 2 is 1.82 bits per heavy atom. The van der Waals surface area contributed by atoms with Crippen LogP contribution in [0.2, 0.25) is 8.67 Å². The van der Waals surface area contributed by atoms with Crippen LogP contribution >= 0.6 is 45.9 Å². The molecule has 0 aromatic carbocycles. The van der Waals surface area contributed by atoms with Crippen molar-refractivity contribution in [1.82, 2.24) is 5.32 Å². The zero-order valence-corrected chi connectivity index (χ0v) is 12.9. The summed E-state index contributed by atoms with van der Waals surface area (Å²) in [5, 5.41) is 3.31. The minimum atomic E-state index is 0.121. The van der Waals surface area contributed by atoms with Crippen molar-refractivity contribution in [2.45, 2.75) is 19.9 Å². The van der Waals surface area contributed by atoms with E-state index in [1.54, 1.807) is 0 Å². The smallest absolute Gasteiger partial charge is 0.0995 e. The summed E-state index contributed by atoms with van der Waals surface area (Å²) in [5.41, 5.74) is 2.34. The molecule has 0 amide bonds. The average Bonchev–Trinajstić information content (AvgIpc) is 2.73. The molecule has 2 heterocycles. The summed E-state index contributed by atoms with van der Waals surface area (Å²) in [7, 11) is 1.94. The van der Waals surface area contributed by atoms with Gasteiger partial charge < -0.3 is 5.32 Å². The Morgan fingerprint density at radius 3 is 2.24 bits per heavy atom. The molecular formula is C12H13Cl2NS2. The van der Waals surface area contributed by atoms with Gasteiger partial charge in [0.2, 0.25) is 0 Å². The highest BCUT2D eigenvalue weighted by Crippen LogP contribution is 2.39.